The van der Waals surface area contributed by atoms with Crippen LogP contribution in [0.5, 0.6) is 0 Å². The molecule has 6 heteroatoms. The smallest absolute Gasteiger partial charge is 0.248 e. The summed E-state index contributed by atoms with van der Waals surface area (Å²) in [4.78, 5) is 13.0. The Morgan fingerprint density at radius 1 is 1.45 bits per heavy atom. The highest BCUT2D eigenvalue weighted by Crippen LogP contribution is 2.09. The molecule has 0 heterocycles. The number of nitrogens with two attached hydrogens (primary N) is 1. The molecule has 0 fully saturated rings. The summed E-state index contributed by atoms with van der Waals surface area (Å²) in [5.41, 5.74) is 5.80. The zero-order valence-electron chi connectivity index (χ0n) is 12.0. The van der Waals surface area contributed by atoms with Crippen LogP contribution in [-0.2, 0) is 11.3 Å². The molecule has 1 amide bonds. The topological polar surface area (TPSA) is 67.6 Å². The first-order valence-electron chi connectivity index (χ1n) is 6.51. The van der Waals surface area contributed by atoms with E-state index in [0.29, 0.717) is 18.7 Å². The van der Waals surface area contributed by atoms with E-state index in [1.165, 1.54) is 12.1 Å². The monoisotopic (exact) mass is 283 g/mol. The van der Waals surface area contributed by atoms with E-state index < -0.39 is 11.7 Å². The maximum atomic E-state index is 13.7. The van der Waals surface area contributed by atoms with Crippen molar-refractivity contribution in [1.82, 2.24) is 10.2 Å². The van der Waals surface area contributed by atoms with Gasteiger partial charge in [0.2, 0.25) is 5.91 Å². The van der Waals surface area contributed by atoms with Crippen molar-refractivity contribution < 1.29 is 13.9 Å². The number of amides is 1. The molecule has 0 saturated carbocycles. The van der Waals surface area contributed by atoms with Gasteiger partial charge in [-0.25, -0.2) is 4.39 Å². The fourth-order valence-electron chi connectivity index (χ4n) is 1.70. The van der Waals surface area contributed by atoms with E-state index in [1.807, 2.05) is 7.05 Å². The van der Waals surface area contributed by atoms with Crippen LogP contribution in [-0.4, -0.2) is 51.2 Å². The van der Waals surface area contributed by atoms with Crippen molar-refractivity contribution in [2.24, 2.45) is 5.73 Å². The normalized spacial score (nSPS) is 11.0. The molecular formula is C14H22FN3O2. The number of hydrogen-bond acceptors (Lipinski definition) is 4. The van der Waals surface area contributed by atoms with Gasteiger partial charge in [-0.1, -0.05) is 6.07 Å². The summed E-state index contributed by atoms with van der Waals surface area (Å²) in [6.45, 7) is 3.57. The molecule has 1 rings (SSSR count). The van der Waals surface area contributed by atoms with Crippen LogP contribution in [0.3, 0.4) is 0 Å². The molecule has 0 atom stereocenters. The van der Waals surface area contributed by atoms with Crippen molar-refractivity contribution in [2.75, 3.05) is 40.4 Å². The quantitative estimate of drug-likeness (QED) is 0.651. The molecule has 0 unspecified atom stereocenters. The Kier molecular flexibility index (Phi) is 7.14. The maximum Gasteiger partial charge on any atom is 0.248 e. The molecule has 0 aliphatic carbocycles. The van der Waals surface area contributed by atoms with Gasteiger partial charge in [0, 0.05) is 44.4 Å². The predicted molar refractivity (Wildman–Crippen MR) is 76.0 cm³/mol. The summed E-state index contributed by atoms with van der Waals surface area (Å²) in [6.07, 6.45) is 0. The van der Waals surface area contributed by atoms with E-state index in [1.54, 1.807) is 13.2 Å². The third-order valence-corrected chi connectivity index (χ3v) is 3.00. The number of likely N-dealkylation sites (N-methyl/N-ethyl adjacent to an activating group) is 1. The number of ether oxygens (including phenoxy) is 1. The number of nitrogens with zero attached hydrogens (tertiary/aromatic N) is 1. The number of benzene rings is 1. The van der Waals surface area contributed by atoms with E-state index in [4.69, 9.17) is 10.5 Å². The minimum absolute atomic E-state index is 0.186. The van der Waals surface area contributed by atoms with Gasteiger partial charge in [-0.2, -0.15) is 0 Å². The Hall–Kier alpha value is -1.50. The first-order chi connectivity index (χ1) is 9.54. The lowest BCUT2D eigenvalue weighted by Gasteiger charge is -2.16. The minimum atomic E-state index is -0.622. The fourth-order valence-corrected chi connectivity index (χ4v) is 1.70. The van der Waals surface area contributed by atoms with Gasteiger partial charge < -0.3 is 20.7 Å². The molecule has 0 spiro atoms. The SMILES string of the molecule is COCCN(C)CCNCc1ccc(C(N)=O)cc1F. The first kappa shape index (κ1) is 16.6. The highest BCUT2D eigenvalue weighted by atomic mass is 19.1. The van der Waals surface area contributed by atoms with E-state index in [0.717, 1.165) is 19.6 Å². The molecule has 0 aromatic heterocycles. The summed E-state index contributed by atoms with van der Waals surface area (Å²) in [5, 5.41) is 3.16. The number of halogens is 1. The summed E-state index contributed by atoms with van der Waals surface area (Å²) in [5.74, 6) is -1.04. The average molecular weight is 283 g/mol. The summed E-state index contributed by atoms with van der Waals surface area (Å²) < 4.78 is 18.7. The molecule has 0 aliphatic rings. The second kappa shape index (κ2) is 8.63. The molecule has 0 bridgehead atoms. The Bertz CT molecular complexity index is 440. The lowest BCUT2D eigenvalue weighted by molar-refractivity contribution is 0.1000. The van der Waals surface area contributed by atoms with Gasteiger partial charge >= 0.3 is 0 Å². The lowest BCUT2D eigenvalue weighted by Crippen LogP contribution is -2.31. The van der Waals surface area contributed by atoms with Crippen molar-refractivity contribution in [3.8, 4) is 0 Å². The van der Waals surface area contributed by atoms with Gasteiger partial charge in [0.1, 0.15) is 5.82 Å². The van der Waals surface area contributed by atoms with E-state index >= 15 is 0 Å². The summed E-state index contributed by atoms with van der Waals surface area (Å²) >= 11 is 0. The van der Waals surface area contributed by atoms with Gasteiger partial charge in [-0.05, 0) is 19.2 Å². The number of carbonyl (C=O) groups is 1. The molecule has 0 aliphatic heterocycles. The molecule has 0 saturated heterocycles. The van der Waals surface area contributed by atoms with Crippen LogP contribution in [0.25, 0.3) is 0 Å². The third-order valence-electron chi connectivity index (χ3n) is 3.00. The van der Waals surface area contributed by atoms with E-state index in [9.17, 15) is 9.18 Å². The summed E-state index contributed by atoms with van der Waals surface area (Å²) in [6, 6.07) is 4.29. The van der Waals surface area contributed by atoms with Crippen molar-refractivity contribution in [1.29, 1.82) is 0 Å². The van der Waals surface area contributed by atoms with Crippen LogP contribution in [0.2, 0.25) is 0 Å². The van der Waals surface area contributed by atoms with Crippen LogP contribution in [0.1, 0.15) is 15.9 Å². The van der Waals surface area contributed by atoms with Crippen molar-refractivity contribution >= 4 is 5.91 Å². The fraction of sp³-hybridized carbons (Fsp3) is 0.500. The average Bonchev–Trinajstić information content (AvgIpc) is 2.42. The highest BCUT2D eigenvalue weighted by molar-refractivity contribution is 5.92. The number of carbonyl (C=O) groups excluding carboxylic acids is 1. The number of rotatable bonds is 9. The van der Waals surface area contributed by atoms with Gasteiger partial charge in [-0.3, -0.25) is 4.79 Å². The number of primary amides is 1. The Morgan fingerprint density at radius 3 is 2.80 bits per heavy atom. The van der Waals surface area contributed by atoms with Gasteiger partial charge in [0.05, 0.1) is 6.61 Å². The number of nitrogens with one attached hydrogen (secondary N) is 1. The van der Waals surface area contributed by atoms with Crippen LogP contribution in [0, 0.1) is 5.82 Å². The lowest BCUT2D eigenvalue weighted by atomic mass is 10.1. The van der Waals surface area contributed by atoms with Crippen molar-refractivity contribution in [3.63, 3.8) is 0 Å². The molecule has 20 heavy (non-hydrogen) atoms. The van der Waals surface area contributed by atoms with Crippen molar-refractivity contribution in [3.05, 3.63) is 35.1 Å². The number of hydrogen-bond donors (Lipinski definition) is 2. The number of methoxy groups -OCH3 is 1. The second-order valence-electron chi connectivity index (χ2n) is 4.64. The third kappa shape index (κ3) is 5.64. The highest BCUT2D eigenvalue weighted by Gasteiger charge is 2.06. The van der Waals surface area contributed by atoms with Crippen LogP contribution >= 0.6 is 0 Å². The Labute approximate surface area is 118 Å². The van der Waals surface area contributed by atoms with Crippen LogP contribution in [0.15, 0.2) is 18.2 Å². The van der Waals surface area contributed by atoms with Gasteiger partial charge in [-0.15, -0.1) is 0 Å². The predicted octanol–water partition coefficient (Wildman–Crippen LogP) is 0.592. The molecular weight excluding hydrogens is 261 g/mol. The molecule has 112 valence electrons. The van der Waals surface area contributed by atoms with Crippen molar-refractivity contribution in [2.45, 2.75) is 6.54 Å². The Balaban J connectivity index is 2.33. The molecule has 0 radical (unpaired) electrons. The van der Waals surface area contributed by atoms with E-state index in [2.05, 4.69) is 10.2 Å². The van der Waals surface area contributed by atoms with E-state index in [-0.39, 0.29) is 5.56 Å². The van der Waals surface area contributed by atoms with Crippen LogP contribution < -0.4 is 11.1 Å². The standard InChI is InChI=1S/C14H22FN3O2/c1-18(7-8-20-2)6-5-17-10-12-4-3-11(14(16)19)9-13(12)15/h3-4,9,17H,5-8,10H2,1-2H3,(H2,16,19). The first-order valence-corrected chi connectivity index (χ1v) is 6.51. The largest absolute Gasteiger partial charge is 0.383 e. The van der Waals surface area contributed by atoms with Crippen LogP contribution in [0.4, 0.5) is 4.39 Å². The summed E-state index contributed by atoms with van der Waals surface area (Å²) in [7, 11) is 3.67. The maximum absolute atomic E-state index is 13.7. The Morgan fingerprint density at radius 2 is 2.20 bits per heavy atom. The molecule has 3 N–H and O–H groups in total. The zero-order valence-corrected chi connectivity index (χ0v) is 12.0. The molecule has 1 aromatic carbocycles. The van der Waals surface area contributed by atoms with Gasteiger partial charge in [0.15, 0.2) is 0 Å². The second-order valence-corrected chi connectivity index (χ2v) is 4.64. The molecule has 1 aromatic rings. The van der Waals surface area contributed by atoms with Gasteiger partial charge in [0.25, 0.3) is 0 Å². The zero-order chi connectivity index (χ0) is 15.0. The molecule has 5 nitrogen and oxygen atoms in total. The minimum Gasteiger partial charge on any atom is -0.383 e.